The third kappa shape index (κ3) is 5.30. The molecule has 1 aromatic carbocycles. The summed E-state index contributed by atoms with van der Waals surface area (Å²) in [6.45, 7) is 4.33. The van der Waals surface area contributed by atoms with Gasteiger partial charge in [0.1, 0.15) is 0 Å². The van der Waals surface area contributed by atoms with E-state index in [9.17, 15) is 9.59 Å². The Morgan fingerprint density at radius 1 is 1.25 bits per heavy atom. The molecule has 0 heterocycles. The fourth-order valence-electron chi connectivity index (χ4n) is 1.98. The number of carboxylic acids is 1. The standard InChI is InChI=1S/C15H22N2O3/c1-11(2)17(9-3-4-15(19)20)14(18)10-12-5-7-13(16)8-6-12/h5-8,11H,3-4,9-10,16H2,1-2H3,(H,19,20). The van der Waals surface area contributed by atoms with Crippen LogP contribution in [-0.4, -0.2) is 34.5 Å². The lowest BCUT2D eigenvalue weighted by Gasteiger charge is -2.26. The molecule has 0 aliphatic heterocycles. The Morgan fingerprint density at radius 3 is 2.35 bits per heavy atom. The van der Waals surface area contributed by atoms with Gasteiger partial charge >= 0.3 is 5.97 Å². The first kappa shape index (κ1) is 16.0. The molecule has 0 saturated heterocycles. The minimum absolute atomic E-state index is 0.00941. The fraction of sp³-hybridized carbons (Fsp3) is 0.467. The monoisotopic (exact) mass is 278 g/mol. The minimum atomic E-state index is -0.834. The molecule has 3 N–H and O–H groups in total. The van der Waals surface area contributed by atoms with Crippen molar-refractivity contribution in [3.63, 3.8) is 0 Å². The van der Waals surface area contributed by atoms with Gasteiger partial charge in [-0.25, -0.2) is 0 Å². The van der Waals surface area contributed by atoms with Crippen LogP contribution in [-0.2, 0) is 16.0 Å². The van der Waals surface area contributed by atoms with Gasteiger partial charge < -0.3 is 15.7 Å². The Kier molecular flexibility index (Phi) is 6.03. The van der Waals surface area contributed by atoms with Crippen LogP contribution in [0.25, 0.3) is 0 Å². The lowest BCUT2D eigenvalue weighted by Crippen LogP contribution is -2.38. The Bertz CT molecular complexity index is 455. The van der Waals surface area contributed by atoms with Crippen LogP contribution in [0.1, 0.15) is 32.3 Å². The van der Waals surface area contributed by atoms with E-state index in [2.05, 4.69) is 0 Å². The van der Waals surface area contributed by atoms with Gasteiger partial charge in [-0.1, -0.05) is 12.1 Å². The number of nitrogens with two attached hydrogens (primary N) is 1. The number of aliphatic carboxylic acids is 1. The molecule has 110 valence electrons. The fourth-order valence-corrected chi connectivity index (χ4v) is 1.98. The van der Waals surface area contributed by atoms with Crippen LogP contribution in [0.5, 0.6) is 0 Å². The van der Waals surface area contributed by atoms with Crippen LogP contribution in [0.4, 0.5) is 5.69 Å². The van der Waals surface area contributed by atoms with Crippen molar-refractivity contribution in [2.75, 3.05) is 12.3 Å². The maximum atomic E-state index is 12.3. The van der Waals surface area contributed by atoms with Crippen molar-refractivity contribution in [1.29, 1.82) is 0 Å². The van der Waals surface area contributed by atoms with Crippen LogP contribution in [0.15, 0.2) is 24.3 Å². The Hall–Kier alpha value is -2.04. The lowest BCUT2D eigenvalue weighted by atomic mass is 10.1. The van der Waals surface area contributed by atoms with Crippen LogP contribution >= 0.6 is 0 Å². The average Bonchev–Trinajstić information content (AvgIpc) is 2.36. The van der Waals surface area contributed by atoms with E-state index in [1.165, 1.54) is 0 Å². The lowest BCUT2D eigenvalue weighted by molar-refractivity contribution is -0.138. The molecule has 5 nitrogen and oxygen atoms in total. The number of hydrogen-bond donors (Lipinski definition) is 2. The summed E-state index contributed by atoms with van der Waals surface area (Å²) in [4.78, 5) is 24.5. The molecule has 0 aliphatic rings. The zero-order valence-corrected chi connectivity index (χ0v) is 12.0. The highest BCUT2D eigenvalue weighted by Gasteiger charge is 2.17. The van der Waals surface area contributed by atoms with E-state index in [-0.39, 0.29) is 18.4 Å². The van der Waals surface area contributed by atoms with Crippen LogP contribution in [0.3, 0.4) is 0 Å². The SMILES string of the molecule is CC(C)N(CCCC(=O)O)C(=O)Cc1ccc(N)cc1. The van der Waals surface area contributed by atoms with Crippen molar-refractivity contribution in [1.82, 2.24) is 4.90 Å². The van der Waals surface area contributed by atoms with Gasteiger partial charge in [0.25, 0.3) is 0 Å². The first-order valence-electron chi connectivity index (χ1n) is 6.76. The van der Waals surface area contributed by atoms with Crippen molar-refractivity contribution in [3.05, 3.63) is 29.8 Å². The molecule has 0 spiro atoms. The number of nitrogens with zero attached hydrogens (tertiary/aromatic N) is 1. The third-order valence-electron chi connectivity index (χ3n) is 3.07. The van der Waals surface area contributed by atoms with E-state index in [1.807, 2.05) is 26.0 Å². The maximum absolute atomic E-state index is 12.3. The van der Waals surface area contributed by atoms with Crippen LogP contribution < -0.4 is 5.73 Å². The van der Waals surface area contributed by atoms with Crippen molar-refractivity contribution in [3.8, 4) is 0 Å². The highest BCUT2D eigenvalue weighted by Crippen LogP contribution is 2.10. The van der Waals surface area contributed by atoms with Gasteiger partial charge in [0.2, 0.25) is 5.91 Å². The molecule has 0 bridgehead atoms. The molecule has 0 aliphatic carbocycles. The number of carbonyl (C=O) groups excluding carboxylic acids is 1. The van der Waals surface area contributed by atoms with E-state index in [1.54, 1.807) is 17.0 Å². The van der Waals surface area contributed by atoms with Crippen molar-refractivity contribution < 1.29 is 14.7 Å². The predicted octanol–water partition coefficient (Wildman–Crippen LogP) is 1.91. The zero-order valence-electron chi connectivity index (χ0n) is 12.0. The Balaban J connectivity index is 2.59. The van der Waals surface area contributed by atoms with E-state index in [0.717, 1.165) is 5.56 Å². The summed E-state index contributed by atoms with van der Waals surface area (Å²) >= 11 is 0. The van der Waals surface area contributed by atoms with Gasteiger partial charge in [-0.05, 0) is 38.0 Å². The summed E-state index contributed by atoms with van der Waals surface area (Å²) in [5.41, 5.74) is 7.19. The van der Waals surface area contributed by atoms with Gasteiger partial charge in [0.05, 0.1) is 6.42 Å². The summed E-state index contributed by atoms with van der Waals surface area (Å²) in [6, 6.07) is 7.27. The molecule has 1 aromatic rings. The van der Waals surface area contributed by atoms with E-state index < -0.39 is 5.97 Å². The first-order valence-corrected chi connectivity index (χ1v) is 6.76. The minimum Gasteiger partial charge on any atom is -0.481 e. The van der Waals surface area contributed by atoms with Gasteiger partial charge in [-0.3, -0.25) is 9.59 Å². The first-order chi connectivity index (χ1) is 9.40. The second kappa shape index (κ2) is 7.53. The zero-order chi connectivity index (χ0) is 15.1. The van der Waals surface area contributed by atoms with E-state index in [4.69, 9.17) is 10.8 Å². The van der Waals surface area contributed by atoms with Gasteiger partial charge in [-0.2, -0.15) is 0 Å². The van der Waals surface area contributed by atoms with Crippen LogP contribution in [0, 0.1) is 0 Å². The number of amides is 1. The topological polar surface area (TPSA) is 83.6 Å². The molecule has 1 rings (SSSR count). The number of anilines is 1. The molecule has 20 heavy (non-hydrogen) atoms. The molecule has 0 saturated carbocycles. The normalized spacial score (nSPS) is 10.6. The van der Waals surface area contributed by atoms with Crippen LogP contribution in [0.2, 0.25) is 0 Å². The van der Waals surface area contributed by atoms with Crippen molar-refractivity contribution in [2.45, 2.75) is 39.2 Å². The number of hydrogen-bond acceptors (Lipinski definition) is 3. The quantitative estimate of drug-likeness (QED) is 0.746. The highest BCUT2D eigenvalue weighted by molar-refractivity contribution is 5.79. The van der Waals surface area contributed by atoms with Crippen molar-refractivity contribution >= 4 is 17.6 Å². The summed E-state index contributed by atoms with van der Waals surface area (Å²) < 4.78 is 0. The summed E-state index contributed by atoms with van der Waals surface area (Å²) in [5, 5.41) is 8.65. The molecule has 0 aromatic heterocycles. The molecule has 0 radical (unpaired) electrons. The number of carboxylic acid groups (broad SMARTS) is 1. The Labute approximate surface area is 119 Å². The number of rotatable bonds is 7. The number of benzene rings is 1. The van der Waals surface area contributed by atoms with Gasteiger partial charge in [0.15, 0.2) is 0 Å². The second-order valence-electron chi connectivity index (χ2n) is 5.10. The van der Waals surface area contributed by atoms with Gasteiger partial charge in [0, 0.05) is 24.7 Å². The third-order valence-corrected chi connectivity index (χ3v) is 3.07. The van der Waals surface area contributed by atoms with E-state index in [0.29, 0.717) is 25.1 Å². The number of carbonyl (C=O) groups is 2. The smallest absolute Gasteiger partial charge is 0.303 e. The largest absolute Gasteiger partial charge is 0.481 e. The van der Waals surface area contributed by atoms with E-state index >= 15 is 0 Å². The summed E-state index contributed by atoms with van der Waals surface area (Å²) in [7, 11) is 0. The number of nitrogen functional groups attached to an aromatic ring is 1. The molecule has 5 heteroatoms. The molecule has 0 atom stereocenters. The Morgan fingerprint density at radius 2 is 1.85 bits per heavy atom. The molecule has 0 unspecified atom stereocenters. The predicted molar refractivity (Wildman–Crippen MR) is 78.3 cm³/mol. The van der Waals surface area contributed by atoms with Crippen molar-refractivity contribution in [2.24, 2.45) is 0 Å². The molecular formula is C15H22N2O3. The van der Waals surface area contributed by atoms with Gasteiger partial charge in [-0.15, -0.1) is 0 Å². The molecule has 0 fully saturated rings. The summed E-state index contributed by atoms with van der Waals surface area (Å²) in [6.07, 6.45) is 0.866. The highest BCUT2D eigenvalue weighted by atomic mass is 16.4. The molecular weight excluding hydrogens is 256 g/mol. The summed E-state index contributed by atoms with van der Waals surface area (Å²) in [5.74, 6) is -0.824. The average molecular weight is 278 g/mol. The second-order valence-corrected chi connectivity index (χ2v) is 5.10. The molecule has 1 amide bonds. The maximum Gasteiger partial charge on any atom is 0.303 e.